The van der Waals surface area contributed by atoms with Gasteiger partial charge in [-0.25, -0.2) is 9.59 Å². The number of hydrogen-bond donors (Lipinski definition) is 1. The number of benzene rings is 2. The number of carbonyl (C=O) groups excluding carboxylic acids is 2. The molecule has 0 heterocycles. The van der Waals surface area contributed by atoms with Gasteiger partial charge in [-0.3, -0.25) is 0 Å². The van der Waals surface area contributed by atoms with Gasteiger partial charge in [0.15, 0.2) is 0 Å². The van der Waals surface area contributed by atoms with Crippen LogP contribution in [0.4, 0.5) is 4.79 Å². The summed E-state index contributed by atoms with van der Waals surface area (Å²) >= 11 is 0. The molecule has 2 aromatic rings. The van der Waals surface area contributed by atoms with Gasteiger partial charge >= 0.3 is 12.1 Å². The number of amides is 1. The van der Waals surface area contributed by atoms with E-state index in [-0.39, 0.29) is 26.4 Å². The van der Waals surface area contributed by atoms with Crippen molar-refractivity contribution in [1.82, 2.24) is 5.32 Å². The lowest BCUT2D eigenvalue weighted by Gasteiger charge is -2.23. The second-order valence-electron chi connectivity index (χ2n) is 7.73. The third kappa shape index (κ3) is 6.59. The quantitative estimate of drug-likeness (QED) is 0.219. The molecule has 182 valence electrons. The first kappa shape index (κ1) is 25.3. The van der Waals surface area contributed by atoms with Crippen LogP contribution >= 0.6 is 0 Å². The Morgan fingerprint density at radius 1 is 0.941 bits per heavy atom. The highest BCUT2D eigenvalue weighted by atomic mass is 16.6. The largest absolute Gasteiger partial charge is 0.490 e. The van der Waals surface area contributed by atoms with Crippen LogP contribution in [-0.2, 0) is 31.8 Å². The van der Waals surface area contributed by atoms with E-state index < -0.39 is 12.1 Å². The summed E-state index contributed by atoms with van der Waals surface area (Å²) in [6, 6.07) is 7.74. The van der Waals surface area contributed by atoms with E-state index in [2.05, 4.69) is 24.0 Å². The Hall–Kier alpha value is -3.36. The molecule has 0 atom stereocenters. The molecule has 0 radical (unpaired) electrons. The van der Waals surface area contributed by atoms with E-state index in [1.165, 1.54) is 0 Å². The number of rotatable bonds is 12. The molecule has 0 unspecified atom stereocenters. The van der Waals surface area contributed by atoms with E-state index in [0.717, 1.165) is 27.6 Å². The Morgan fingerprint density at radius 3 is 2.29 bits per heavy atom. The third-order valence-electron chi connectivity index (χ3n) is 5.19. The Morgan fingerprint density at radius 2 is 1.62 bits per heavy atom. The van der Waals surface area contributed by atoms with Crippen LogP contribution in [0.25, 0.3) is 10.8 Å². The van der Waals surface area contributed by atoms with E-state index in [4.69, 9.17) is 23.7 Å². The third-order valence-corrected chi connectivity index (χ3v) is 5.19. The Labute approximate surface area is 199 Å². The maximum absolute atomic E-state index is 12.6. The number of methoxy groups -OCH3 is 1. The highest BCUT2D eigenvalue weighted by molar-refractivity contribution is 5.97. The summed E-state index contributed by atoms with van der Waals surface area (Å²) in [6.07, 6.45) is 4.94. The summed E-state index contributed by atoms with van der Waals surface area (Å²) < 4.78 is 27.3. The van der Waals surface area contributed by atoms with Gasteiger partial charge in [-0.05, 0) is 19.8 Å². The SMILES string of the molecule is C=C(C)C(=O)OCCOCCNC(=O)Oc1c2c(c(OCCOC)c3ccccc13)CC=CC2. The second-order valence-corrected chi connectivity index (χ2v) is 7.73. The minimum absolute atomic E-state index is 0.126. The molecule has 0 saturated heterocycles. The lowest BCUT2D eigenvalue weighted by atomic mass is 9.90. The molecule has 8 heteroatoms. The molecule has 0 aliphatic heterocycles. The molecule has 2 aromatic carbocycles. The van der Waals surface area contributed by atoms with Gasteiger partial charge in [-0.1, -0.05) is 43.0 Å². The maximum Gasteiger partial charge on any atom is 0.412 e. The molecule has 0 bridgehead atoms. The fraction of sp³-hybridized carbons (Fsp3) is 0.385. The number of nitrogens with one attached hydrogen (secondary N) is 1. The van der Waals surface area contributed by atoms with Gasteiger partial charge in [-0.2, -0.15) is 0 Å². The van der Waals surface area contributed by atoms with Gasteiger partial charge < -0.3 is 29.0 Å². The van der Waals surface area contributed by atoms with Crippen molar-refractivity contribution in [2.75, 3.05) is 46.7 Å². The lowest BCUT2D eigenvalue weighted by Crippen LogP contribution is -2.31. The fourth-order valence-electron chi connectivity index (χ4n) is 3.59. The summed E-state index contributed by atoms with van der Waals surface area (Å²) in [4.78, 5) is 23.9. The first-order valence-electron chi connectivity index (χ1n) is 11.2. The number of carbonyl (C=O) groups is 2. The van der Waals surface area contributed by atoms with Crippen molar-refractivity contribution >= 4 is 22.8 Å². The first-order valence-corrected chi connectivity index (χ1v) is 11.2. The van der Waals surface area contributed by atoms with Crippen molar-refractivity contribution in [3.63, 3.8) is 0 Å². The number of fused-ring (bicyclic) bond motifs is 2. The molecule has 0 saturated carbocycles. The molecule has 1 aliphatic rings. The van der Waals surface area contributed by atoms with Gasteiger partial charge in [0.1, 0.15) is 24.7 Å². The normalized spacial score (nSPS) is 12.2. The zero-order chi connectivity index (χ0) is 24.3. The molecule has 34 heavy (non-hydrogen) atoms. The smallest absolute Gasteiger partial charge is 0.412 e. The molecule has 0 spiro atoms. The minimum atomic E-state index is -0.563. The standard InChI is InChI=1S/C26H31NO7/c1-18(2)25(28)33-17-15-31-13-12-27-26(29)34-24-21-10-6-4-8-19(21)23(32-16-14-30-3)20-9-5-7-11-22(20)24/h4-8,10H,1,9,11-17H2,2-3H3,(H,27,29). The Kier molecular flexibility index (Phi) is 9.49. The van der Waals surface area contributed by atoms with Gasteiger partial charge in [0, 0.05) is 41.1 Å². The van der Waals surface area contributed by atoms with E-state index in [9.17, 15) is 9.59 Å². The summed E-state index contributed by atoms with van der Waals surface area (Å²) in [5.41, 5.74) is 2.30. The molecule has 0 fully saturated rings. The molecular weight excluding hydrogens is 438 g/mol. The highest BCUT2D eigenvalue weighted by Crippen LogP contribution is 2.43. The number of esters is 1. The van der Waals surface area contributed by atoms with Crippen LogP contribution in [0.3, 0.4) is 0 Å². The zero-order valence-electron chi connectivity index (χ0n) is 19.7. The minimum Gasteiger partial charge on any atom is -0.490 e. The van der Waals surface area contributed by atoms with Crippen molar-refractivity contribution in [3.05, 3.63) is 59.7 Å². The van der Waals surface area contributed by atoms with Crippen LogP contribution in [-0.4, -0.2) is 58.8 Å². The van der Waals surface area contributed by atoms with Crippen LogP contribution in [0.15, 0.2) is 48.6 Å². The van der Waals surface area contributed by atoms with E-state index in [1.807, 2.05) is 24.3 Å². The predicted octanol–water partition coefficient (Wildman–Crippen LogP) is 3.74. The van der Waals surface area contributed by atoms with Gasteiger partial charge in [-0.15, -0.1) is 0 Å². The van der Waals surface area contributed by atoms with Crippen LogP contribution in [0, 0.1) is 0 Å². The molecular formula is C26H31NO7. The number of allylic oxidation sites excluding steroid dienone is 2. The van der Waals surface area contributed by atoms with Crippen LogP contribution < -0.4 is 14.8 Å². The average molecular weight is 470 g/mol. The molecule has 3 rings (SSSR count). The van der Waals surface area contributed by atoms with Gasteiger partial charge in [0.25, 0.3) is 0 Å². The topological polar surface area (TPSA) is 92.3 Å². The Balaban J connectivity index is 1.63. The molecule has 1 N–H and O–H groups in total. The maximum atomic E-state index is 12.6. The summed E-state index contributed by atoms with van der Waals surface area (Å²) in [7, 11) is 1.64. The van der Waals surface area contributed by atoms with Crippen LogP contribution in [0.1, 0.15) is 18.1 Å². The monoisotopic (exact) mass is 469 g/mol. The second kappa shape index (κ2) is 12.8. The van der Waals surface area contributed by atoms with Crippen molar-refractivity contribution in [1.29, 1.82) is 0 Å². The fourth-order valence-corrected chi connectivity index (χ4v) is 3.59. The van der Waals surface area contributed by atoms with Crippen molar-refractivity contribution in [2.24, 2.45) is 0 Å². The highest BCUT2D eigenvalue weighted by Gasteiger charge is 2.23. The Bertz CT molecular complexity index is 1060. The van der Waals surface area contributed by atoms with Crippen molar-refractivity contribution < 1.29 is 33.3 Å². The number of hydrogen-bond acceptors (Lipinski definition) is 7. The molecule has 8 nitrogen and oxygen atoms in total. The molecule has 1 aliphatic carbocycles. The van der Waals surface area contributed by atoms with Crippen molar-refractivity contribution in [3.8, 4) is 11.5 Å². The van der Waals surface area contributed by atoms with Crippen LogP contribution in [0.5, 0.6) is 11.5 Å². The van der Waals surface area contributed by atoms with E-state index >= 15 is 0 Å². The lowest BCUT2D eigenvalue weighted by molar-refractivity contribution is -0.140. The van der Waals surface area contributed by atoms with E-state index in [0.29, 0.717) is 37.4 Å². The van der Waals surface area contributed by atoms with Gasteiger partial charge in [0.2, 0.25) is 0 Å². The number of ether oxygens (including phenoxy) is 5. The molecule has 0 aromatic heterocycles. The summed E-state index contributed by atoms with van der Waals surface area (Å²) in [6.45, 7) is 6.88. The van der Waals surface area contributed by atoms with Crippen LogP contribution in [0.2, 0.25) is 0 Å². The predicted molar refractivity (Wildman–Crippen MR) is 128 cm³/mol. The van der Waals surface area contributed by atoms with Crippen molar-refractivity contribution in [2.45, 2.75) is 19.8 Å². The van der Waals surface area contributed by atoms with E-state index in [1.54, 1.807) is 14.0 Å². The first-order chi connectivity index (χ1) is 16.5. The zero-order valence-corrected chi connectivity index (χ0v) is 19.7. The summed E-state index contributed by atoms with van der Waals surface area (Å²) in [5.74, 6) is 0.894. The summed E-state index contributed by atoms with van der Waals surface area (Å²) in [5, 5.41) is 4.41. The van der Waals surface area contributed by atoms with Gasteiger partial charge in [0.05, 0.1) is 19.8 Å². The molecule has 1 amide bonds. The average Bonchev–Trinajstić information content (AvgIpc) is 2.84.